The quantitative estimate of drug-likeness (QED) is 0.135. The highest BCUT2D eigenvalue weighted by atomic mass is 16.5. The van der Waals surface area contributed by atoms with E-state index in [2.05, 4.69) is 26.0 Å². The Morgan fingerprint density at radius 3 is 2.38 bits per heavy atom. The molecule has 0 saturated carbocycles. The maximum absolute atomic E-state index is 13.0. The molecule has 0 unspecified atom stereocenters. The molecule has 0 aromatic heterocycles. The van der Waals surface area contributed by atoms with E-state index in [1.165, 1.54) is 11.6 Å². The minimum Gasteiger partial charge on any atom is -0.478 e. The molecule has 7 atom stereocenters. The van der Waals surface area contributed by atoms with Crippen molar-refractivity contribution < 1.29 is 29.3 Å². The molecule has 0 radical (unpaired) electrons. The van der Waals surface area contributed by atoms with Gasteiger partial charge in [0.2, 0.25) is 0 Å². The number of esters is 1. The summed E-state index contributed by atoms with van der Waals surface area (Å²) >= 11 is 0. The molecule has 2 N–H and O–H groups in total. The number of ketones is 1. The molecule has 0 saturated heterocycles. The van der Waals surface area contributed by atoms with Crippen LogP contribution < -0.4 is 0 Å². The van der Waals surface area contributed by atoms with Gasteiger partial charge in [0, 0.05) is 29.9 Å². The molecule has 6 nitrogen and oxygen atoms in total. The van der Waals surface area contributed by atoms with Crippen LogP contribution in [0.3, 0.4) is 0 Å². The number of carboxylic acid groups (broad SMARTS) is 1. The van der Waals surface area contributed by atoms with E-state index >= 15 is 0 Å². The van der Waals surface area contributed by atoms with Gasteiger partial charge in [-0.3, -0.25) is 4.79 Å². The van der Waals surface area contributed by atoms with Crippen molar-refractivity contribution in [1.82, 2.24) is 0 Å². The average Bonchev–Trinajstić information content (AvgIpc) is 2.86. The summed E-state index contributed by atoms with van der Waals surface area (Å²) in [6.45, 7) is 15.4. The van der Waals surface area contributed by atoms with Crippen LogP contribution in [-0.4, -0.2) is 40.1 Å². The van der Waals surface area contributed by atoms with Crippen LogP contribution in [0.2, 0.25) is 0 Å². The highest BCUT2D eigenvalue weighted by molar-refractivity contribution is 5.85. The van der Waals surface area contributed by atoms with Crippen LogP contribution in [0, 0.1) is 29.6 Å². The van der Waals surface area contributed by atoms with Crippen molar-refractivity contribution >= 4 is 17.7 Å². The highest BCUT2D eigenvalue weighted by Crippen LogP contribution is 2.24. The lowest BCUT2D eigenvalue weighted by Gasteiger charge is -2.25. The van der Waals surface area contributed by atoms with Gasteiger partial charge < -0.3 is 14.9 Å². The Labute approximate surface area is 234 Å². The van der Waals surface area contributed by atoms with E-state index in [0.29, 0.717) is 17.9 Å². The van der Waals surface area contributed by atoms with Crippen LogP contribution in [0.15, 0.2) is 71.4 Å². The normalized spacial score (nSPS) is 23.0. The summed E-state index contributed by atoms with van der Waals surface area (Å²) in [5.74, 6) is -2.01. The van der Waals surface area contributed by atoms with E-state index in [4.69, 9.17) is 9.84 Å². The van der Waals surface area contributed by atoms with E-state index in [1.54, 1.807) is 13.8 Å². The number of carbonyl (C=O) groups excluding carboxylic acids is 2. The smallest absolute Gasteiger partial charge is 0.331 e. The molecule has 0 bridgehead atoms. The molecular weight excluding hydrogens is 492 g/mol. The number of hydrogen-bond acceptors (Lipinski definition) is 5. The number of hydrogen-bond donors (Lipinski definition) is 2. The number of carbonyl (C=O) groups is 3. The molecule has 216 valence electrons. The summed E-state index contributed by atoms with van der Waals surface area (Å²) in [5.41, 5.74) is 2.84. The highest BCUT2D eigenvalue weighted by Gasteiger charge is 2.29. The summed E-state index contributed by atoms with van der Waals surface area (Å²) in [5, 5.41) is 19.6. The molecule has 0 aliphatic carbocycles. The zero-order valence-electron chi connectivity index (χ0n) is 24.9. The Balaban J connectivity index is 2.69. The molecule has 1 aliphatic rings. The van der Waals surface area contributed by atoms with Gasteiger partial charge in [-0.25, -0.2) is 9.59 Å². The summed E-state index contributed by atoms with van der Waals surface area (Å²) in [6, 6.07) is 0. The van der Waals surface area contributed by atoms with Crippen molar-refractivity contribution in [2.24, 2.45) is 29.6 Å². The monoisotopic (exact) mass is 540 g/mol. The van der Waals surface area contributed by atoms with Crippen molar-refractivity contribution in [2.75, 3.05) is 0 Å². The maximum Gasteiger partial charge on any atom is 0.331 e. The second kappa shape index (κ2) is 16.9. The third-order valence-corrected chi connectivity index (χ3v) is 7.12. The number of allylic oxidation sites excluding steroid dienone is 8. The second-order valence-electron chi connectivity index (χ2n) is 11.1. The first-order valence-electron chi connectivity index (χ1n) is 14.0. The summed E-state index contributed by atoms with van der Waals surface area (Å²) < 4.78 is 5.39. The van der Waals surface area contributed by atoms with Gasteiger partial charge in [-0.1, -0.05) is 94.7 Å². The van der Waals surface area contributed by atoms with Crippen LogP contribution >= 0.6 is 0 Å². The zero-order chi connectivity index (χ0) is 29.7. The minimum absolute atomic E-state index is 0.0360. The molecule has 0 fully saturated rings. The maximum atomic E-state index is 13.0. The number of ether oxygens (including phenoxy) is 1. The number of rotatable bonds is 15. The SMILES string of the molecule is CCC(/C=C/[C@@H]1OC(=O)C=C[C@@H]1C)=C\[C@H](C)C/C=C/C(C)=C/[C@H](C)C(=O)[C@@H](C)[C@H](O)[C@@H](C)C/C(C)=C/C(=O)O. The van der Waals surface area contributed by atoms with E-state index in [0.717, 1.165) is 24.5 Å². The average molecular weight is 541 g/mol. The van der Waals surface area contributed by atoms with Crippen molar-refractivity contribution in [3.05, 3.63) is 71.4 Å². The predicted molar refractivity (Wildman–Crippen MR) is 157 cm³/mol. The van der Waals surface area contributed by atoms with Gasteiger partial charge in [-0.15, -0.1) is 0 Å². The first-order chi connectivity index (χ1) is 18.2. The van der Waals surface area contributed by atoms with Crippen LogP contribution in [0.25, 0.3) is 0 Å². The standard InChI is InChI=1S/C33H48O6/c1-9-28(14-15-29-24(5)13-16-31(36)39-29)19-22(3)12-10-11-21(2)17-25(6)32(37)27(8)33(38)26(7)18-23(4)20-30(34)35/h10-11,13-17,19-20,22,24-27,29,33,38H,9,12,18H2,1-8H3,(H,34,35)/b11-10+,15-14+,21-17+,23-20+,28-19+/t22-,24+,25+,26+,27-,29+,33-/m1/s1. The zero-order valence-corrected chi connectivity index (χ0v) is 24.9. The van der Waals surface area contributed by atoms with Gasteiger partial charge >= 0.3 is 11.9 Å². The van der Waals surface area contributed by atoms with Gasteiger partial charge in [0.05, 0.1) is 6.10 Å². The second-order valence-corrected chi connectivity index (χ2v) is 11.1. The summed E-state index contributed by atoms with van der Waals surface area (Å²) in [4.78, 5) is 35.3. The van der Waals surface area contributed by atoms with Crippen LogP contribution in [0.5, 0.6) is 0 Å². The molecule has 1 aliphatic heterocycles. The molecule has 1 rings (SSSR count). The number of aliphatic carboxylic acids is 1. The largest absolute Gasteiger partial charge is 0.478 e. The first kappa shape index (κ1) is 34.0. The molecule has 0 aromatic carbocycles. The fourth-order valence-corrected chi connectivity index (χ4v) is 4.75. The predicted octanol–water partition coefficient (Wildman–Crippen LogP) is 6.78. The lowest BCUT2D eigenvalue weighted by atomic mass is 9.83. The Kier molecular flexibility index (Phi) is 14.7. The topological polar surface area (TPSA) is 101 Å². The first-order valence-corrected chi connectivity index (χ1v) is 14.0. The Morgan fingerprint density at radius 1 is 1.10 bits per heavy atom. The van der Waals surface area contributed by atoms with Crippen LogP contribution in [0.4, 0.5) is 0 Å². The summed E-state index contributed by atoms with van der Waals surface area (Å²) in [7, 11) is 0. The van der Waals surface area contributed by atoms with Gasteiger partial charge in [0.15, 0.2) is 0 Å². The molecule has 6 heteroatoms. The lowest BCUT2D eigenvalue weighted by Crippen LogP contribution is -2.34. The number of aliphatic hydroxyl groups excluding tert-OH is 1. The van der Waals surface area contributed by atoms with Crippen molar-refractivity contribution in [2.45, 2.75) is 86.9 Å². The van der Waals surface area contributed by atoms with Gasteiger partial charge in [-0.05, 0) is 51.0 Å². The fraction of sp³-hybridized carbons (Fsp3) is 0.545. The Bertz CT molecular complexity index is 1020. The molecule has 0 aromatic rings. The fourth-order valence-electron chi connectivity index (χ4n) is 4.75. The van der Waals surface area contributed by atoms with Gasteiger partial charge in [0.25, 0.3) is 0 Å². The minimum atomic E-state index is -1.01. The van der Waals surface area contributed by atoms with Gasteiger partial charge in [0.1, 0.15) is 11.9 Å². The lowest BCUT2D eigenvalue weighted by molar-refractivity contribution is -0.143. The van der Waals surface area contributed by atoms with E-state index in [1.807, 2.05) is 58.1 Å². The van der Waals surface area contributed by atoms with Crippen LogP contribution in [-0.2, 0) is 19.1 Å². The molecule has 1 heterocycles. The number of carboxylic acids is 1. The van der Waals surface area contributed by atoms with Crippen molar-refractivity contribution in [1.29, 1.82) is 0 Å². The number of aliphatic hydroxyl groups is 1. The number of cyclic esters (lactones) is 1. The van der Waals surface area contributed by atoms with E-state index < -0.39 is 18.0 Å². The molecule has 0 amide bonds. The van der Waals surface area contributed by atoms with Crippen molar-refractivity contribution in [3.8, 4) is 0 Å². The van der Waals surface area contributed by atoms with Crippen molar-refractivity contribution in [3.63, 3.8) is 0 Å². The molecular formula is C33H48O6. The Morgan fingerprint density at radius 2 is 1.77 bits per heavy atom. The Hall–Kier alpha value is -2.99. The van der Waals surface area contributed by atoms with Gasteiger partial charge in [-0.2, -0.15) is 0 Å². The van der Waals surface area contributed by atoms with E-state index in [-0.39, 0.29) is 35.6 Å². The van der Waals surface area contributed by atoms with Crippen LogP contribution in [0.1, 0.15) is 74.7 Å². The molecule has 39 heavy (non-hydrogen) atoms. The third kappa shape index (κ3) is 12.6. The molecule has 0 spiro atoms. The third-order valence-electron chi connectivity index (χ3n) is 7.12. The number of Topliss-reactive ketones (excluding diaryl/α,β-unsaturated/α-hetero) is 1. The summed E-state index contributed by atoms with van der Waals surface area (Å²) in [6.07, 6.45) is 17.8. The van der Waals surface area contributed by atoms with E-state index in [9.17, 15) is 19.5 Å².